The molecule has 0 atom stereocenters. The minimum Gasteiger partial charge on any atom is -0.372 e. The third kappa shape index (κ3) is 2.66. The molecule has 24 heavy (non-hydrogen) atoms. The maximum atomic E-state index is 12.8. The van der Waals surface area contributed by atoms with Gasteiger partial charge in [-0.2, -0.15) is 0 Å². The summed E-state index contributed by atoms with van der Waals surface area (Å²) >= 11 is 0. The lowest BCUT2D eigenvalue weighted by atomic mass is 10.1. The van der Waals surface area contributed by atoms with Crippen molar-refractivity contribution in [2.75, 3.05) is 6.61 Å². The quantitative estimate of drug-likeness (QED) is 0.593. The number of halogens is 1. The Bertz CT molecular complexity index is 1050. The van der Waals surface area contributed by atoms with Crippen molar-refractivity contribution in [3.8, 4) is 11.8 Å². The fraction of sp³-hybridized carbons (Fsp3) is 0.167. The van der Waals surface area contributed by atoms with Gasteiger partial charge in [0.15, 0.2) is 0 Å². The fourth-order valence-corrected chi connectivity index (χ4v) is 2.59. The van der Waals surface area contributed by atoms with Crippen molar-refractivity contribution in [2.45, 2.75) is 13.2 Å². The van der Waals surface area contributed by atoms with Crippen molar-refractivity contribution in [1.29, 1.82) is 0 Å². The summed E-state index contributed by atoms with van der Waals surface area (Å²) in [7, 11) is 0. The van der Waals surface area contributed by atoms with Crippen molar-refractivity contribution in [3.63, 3.8) is 0 Å². The molecule has 2 aromatic heterocycles. The van der Waals surface area contributed by atoms with Crippen LogP contribution < -0.4 is 5.56 Å². The summed E-state index contributed by atoms with van der Waals surface area (Å²) in [5.41, 5.74) is 1.72. The summed E-state index contributed by atoms with van der Waals surface area (Å²) in [5, 5.41) is 0.561. The summed E-state index contributed by atoms with van der Waals surface area (Å²) in [5.74, 6) is 6.05. The summed E-state index contributed by atoms with van der Waals surface area (Å²) in [6.45, 7) is 1.38. The Balaban J connectivity index is 1.76. The zero-order chi connectivity index (χ0) is 16.5. The SMILES string of the molecule is O=c1c2ccc(C#Cc3ccc(F)cn3)cc2nc2n1CCOC2. The number of rotatable bonds is 0. The second-order valence-electron chi connectivity index (χ2n) is 5.38. The predicted molar refractivity (Wildman–Crippen MR) is 85.8 cm³/mol. The molecule has 0 aliphatic carbocycles. The molecule has 0 N–H and O–H groups in total. The van der Waals surface area contributed by atoms with E-state index < -0.39 is 5.82 Å². The highest BCUT2D eigenvalue weighted by Crippen LogP contribution is 2.13. The van der Waals surface area contributed by atoms with E-state index in [1.54, 1.807) is 22.8 Å². The van der Waals surface area contributed by atoms with Crippen molar-refractivity contribution >= 4 is 10.9 Å². The summed E-state index contributed by atoms with van der Waals surface area (Å²) < 4.78 is 19.8. The van der Waals surface area contributed by atoms with Gasteiger partial charge in [-0.1, -0.05) is 5.92 Å². The number of fused-ring (bicyclic) bond motifs is 2. The highest BCUT2D eigenvalue weighted by atomic mass is 19.1. The number of aromatic nitrogens is 3. The molecule has 0 fully saturated rings. The molecule has 3 aromatic rings. The minimum absolute atomic E-state index is 0.0574. The second kappa shape index (κ2) is 5.87. The number of ether oxygens (including phenoxy) is 1. The molecule has 0 radical (unpaired) electrons. The third-order valence-electron chi connectivity index (χ3n) is 3.79. The van der Waals surface area contributed by atoms with Gasteiger partial charge in [-0.15, -0.1) is 0 Å². The molecular formula is C18H12FN3O2. The highest BCUT2D eigenvalue weighted by Gasteiger charge is 2.14. The molecule has 0 amide bonds. The molecule has 0 saturated carbocycles. The van der Waals surface area contributed by atoms with Gasteiger partial charge in [0.2, 0.25) is 0 Å². The van der Waals surface area contributed by atoms with E-state index in [1.165, 1.54) is 12.1 Å². The van der Waals surface area contributed by atoms with Gasteiger partial charge >= 0.3 is 0 Å². The first-order valence-electron chi connectivity index (χ1n) is 7.45. The Morgan fingerprint density at radius 1 is 1.21 bits per heavy atom. The largest absolute Gasteiger partial charge is 0.372 e. The van der Waals surface area contributed by atoms with Crippen LogP contribution in [-0.4, -0.2) is 21.1 Å². The maximum Gasteiger partial charge on any atom is 0.261 e. The van der Waals surface area contributed by atoms with Crippen LogP contribution in [0.1, 0.15) is 17.1 Å². The van der Waals surface area contributed by atoms with E-state index >= 15 is 0 Å². The Labute approximate surface area is 136 Å². The van der Waals surface area contributed by atoms with Gasteiger partial charge in [0.1, 0.15) is 23.9 Å². The molecule has 0 saturated heterocycles. The van der Waals surface area contributed by atoms with Crippen LogP contribution in [0.4, 0.5) is 4.39 Å². The average molecular weight is 321 g/mol. The van der Waals surface area contributed by atoms with E-state index in [9.17, 15) is 9.18 Å². The van der Waals surface area contributed by atoms with Gasteiger partial charge in [0, 0.05) is 5.56 Å². The third-order valence-corrected chi connectivity index (χ3v) is 3.79. The van der Waals surface area contributed by atoms with E-state index in [1.807, 2.05) is 0 Å². The van der Waals surface area contributed by atoms with Crippen molar-refractivity contribution in [3.05, 3.63) is 69.8 Å². The summed E-state index contributed by atoms with van der Waals surface area (Å²) in [4.78, 5) is 20.9. The Hall–Kier alpha value is -3.04. The van der Waals surface area contributed by atoms with Crippen LogP contribution in [0.3, 0.4) is 0 Å². The van der Waals surface area contributed by atoms with E-state index in [4.69, 9.17) is 4.74 Å². The lowest BCUT2D eigenvalue weighted by molar-refractivity contribution is 0.0788. The lowest BCUT2D eigenvalue weighted by Gasteiger charge is -2.18. The Kier molecular flexibility index (Phi) is 3.56. The van der Waals surface area contributed by atoms with Crippen molar-refractivity contribution in [1.82, 2.24) is 14.5 Å². The van der Waals surface area contributed by atoms with E-state index in [0.717, 1.165) is 6.20 Å². The van der Waals surface area contributed by atoms with E-state index in [0.29, 0.717) is 47.7 Å². The Morgan fingerprint density at radius 2 is 2.12 bits per heavy atom. The summed E-state index contributed by atoms with van der Waals surface area (Å²) in [6.07, 6.45) is 1.12. The molecule has 0 spiro atoms. The number of nitrogens with zero attached hydrogens (tertiary/aromatic N) is 3. The van der Waals surface area contributed by atoms with Gasteiger partial charge < -0.3 is 4.74 Å². The number of hydrogen-bond donors (Lipinski definition) is 0. The predicted octanol–water partition coefficient (Wildman–Crippen LogP) is 1.86. The fourth-order valence-electron chi connectivity index (χ4n) is 2.59. The van der Waals surface area contributed by atoms with Crippen LogP contribution in [0.5, 0.6) is 0 Å². The maximum absolute atomic E-state index is 12.8. The van der Waals surface area contributed by atoms with Crippen molar-refractivity contribution < 1.29 is 9.13 Å². The van der Waals surface area contributed by atoms with Gasteiger partial charge in [0.05, 0.1) is 30.3 Å². The molecule has 0 bridgehead atoms. The van der Waals surface area contributed by atoms with Gasteiger partial charge in [-0.05, 0) is 36.3 Å². The van der Waals surface area contributed by atoms with Crippen LogP contribution in [0.2, 0.25) is 0 Å². The van der Waals surface area contributed by atoms with E-state index in [-0.39, 0.29) is 5.56 Å². The minimum atomic E-state index is -0.400. The zero-order valence-electron chi connectivity index (χ0n) is 12.6. The lowest BCUT2D eigenvalue weighted by Crippen LogP contribution is -2.31. The first kappa shape index (κ1) is 14.5. The summed E-state index contributed by atoms with van der Waals surface area (Å²) in [6, 6.07) is 8.10. The zero-order valence-corrected chi connectivity index (χ0v) is 12.6. The average Bonchev–Trinajstić information content (AvgIpc) is 2.61. The normalized spacial score (nSPS) is 13.2. The van der Waals surface area contributed by atoms with E-state index in [2.05, 4.69) is 21.8 Å². The van der Waals surface area contributed by atoms with Gasteiger partial charge in [-0.3, -0.25) is 9.36 Å². The van der Waals surface area contributed by atoms with Gasteiger partial charge in [-0.25, -0.2) is 14.4 Å². The number of pyridine rings is 1. The van der Waals surface area contributed by atoms with Crippen LogP contribution in [0, 0.1) is 17.7 Å². The molecular weight excluding hydrogens is 309 g/mol. The highest BCUT2D eigenvalue weighted by molar-refractivity contribution is 5.79. The molecule has 6 heteroatoms. The molecule has 3 heterocycles. The second-order valence-corrected chi connectivity index (χ2v) is 5.38. The van der Waals surface area contributed by atoms with Crippen molar-refractivity contribution in [2.24, 2.45) is 0 Å². The van der Waals surface area contributed by atoms with Crippen LogP contribution in [-0.2, 0) is 17.9 Å². The molecule has 1 aliphatic heterocycles. The first-order valence-corrected chi connectivity index (χ1v) is 7.45. The standard InChI is InChI=1S/C18H12FN3O2/c19-13-3-5-14(20-10-13)4-1-12-2-6-15-16(9-12)21-17-11-24-8-7-22(17)18(15)23/h2-3,5-6,9-10H,7-8,11H2. The number of hydrogen-bond acceptors (Lipinski definition) is 4. The molecule has 1 aromatic carbocycles. The van der Waals surface area contributed by atoms with Crippen LogP contribution >= 0.6 is 0 Å². The van der Waals surface area contributed by atoms with Crippen LogP contribution in [0.15, 0.2) is 41.3 Å². The number of benzene rings is 1. The first-order chi connectivity index (χ1) is 11.7. The smallest absolute Gasteiger partial charge is 0.261 e. The molecule has 0 unspecified atom stereocenters. The Morgan fingerprint density at radius 3 is 2.96 bits per heavy atom. The molecule has 4 rings (SSSR count). The molecule has 1 aliphatic rings. The monoisotopic (exact) mass is 321 g/mol. The topological polar surface area (TPSA) is 57.0 Å². The van der Waals surface area contributed by atoms with Gasteiger partial charge in [0.25, 0.3) is 5.56 Å². The van der Waals surface area contributed by atoms with Crippen LogP contribution in [0.25, 0.3) is 10.9 Å². The molecule has 118 valence electrons. The molecule has 5 nitrogen and oxygen atoms in total.